The van der Waals surface area contributed by atoms with Crippen LogP contribution >= 0.6 is 0 Å². The molecule has 96 valence electrons. The number of nitrogens with one attached hydrogen (secondary N) is 1. The lowest BCUT2D eigenvalue weighted by Crippen LogP contribution is -2.15. The molecule has 2 heterocycles. The molecule has 5 nitrogen and oxygen atoms in total. The topological polar surface area (TPSA) is 63.8 Å². The van der Waals surface area contributed by atoms with Gasteiger partial charge in [-0.2, -0.15) is 4.98 Å². The van der Waals surface area contributed by atoms with Crippen molar-refractivity contribution in [3.05, 3.63) is 29.9 Å². The standard InChI is InChI=1S/C13H18N4O/c1-4-9-8-15-7-6-10(9)12-16-13(18-17-12)11(5-2)14-3/h6-8,11,14H,4-5H2,1-3H3. The van der Waals surface area contributed by atoms with Gasteiger partial charge in [-0.3, -0.25) is 4.98 Å². The average Bonchev–Trinajstić information content (AvgIpc) is 2.89. The van der Waals surface area contributed by atoms with Gasteiger partial charge < -0.3 is 9.84 Å². The second-order valence-electron chi connectivity index (χ2n) is 4.09. The number of hydrogen-bond donors (Lipinski definition) is 1. The van der Waals surface area contributed by atoms with Gasteiger partial charge in [0.1, 0.15) is 0 Å². The molecule has 18 heavy (non-hydrogen) atoms. The molecule has 0 aliphatic heterocycles. The van der Waals surface area contributed by atoms with Crippen molar-refractivity contribution >= 4 is 0 Å². The predicted molar refractivity (Wildman–Crippen MR) is 69.0 cm³/mol. The maximum Gasteiger partial charge on any atom is 0.244 e. The van der Waals surface area contributed by atoms with Crippen molar-refractivity contribution < 1.29 is 4.52 Å². The fraction of sp³-hybridized carbons (Fsp3) is 0.462. The average molecular weight is 246 g/mol. The zero-order chi connectivity index (χ0) is 13.0. The van der Waals surface area contributed by atoms with E-state index < -0.39 is 0 Å². The quantitative estimate of drug-likeness (QED) is 0.877. The summed E-state index contributed by atoms with van der Waals surface area (Å²) in [7, 11) is 1.89. The molecule has 0 bridgehead atoms. The fourth-order valence-corrected chi connectivity index (χ4v) is 1.92. The Balaban J connectivity index is 2.34. The van der Waals surface area contributed by atoms with Crippen LogP contribution in [0.5, 0.6) is 0 Å². The molecular weight excluding hydrogens is 228 g/mol. The van der Waals surface area contributed by atoms with Gasteiger partial charge in [0.05, 0.1) is 6.04 Å². The summed E-state index contributed by atoms with van der Waals surface area (Å²) in [6.07, 6.45) is 5.41. The van der Waals surface area contributed by atoms with E-state index >= 15 is 0 Å². The van der Waals surface area contributed by atoms with Crippen LogP contribution in [0.15, 0.2) is 23.0 Å². The molecule has 2 aromatic heterocycles. The minimum atomic E-state index is 0.109. The number of rotatable bonds is 5. The Morgan fingerprint density at radius 1 is 1.39 bits per heavy atom. The molecular formula is C13H18N4O. The highest BCUT2D eigenvalue weighted by Crippen LogP contribution is 2.22. The van der Waals surface area contributed by atoms with Gasteiger partial charge in [0.25, 0.3) is 0 Å². The van der Waals surface area contributed by atoms with Gasteiger partial charge in [-0.15, -0.1) is 0 Å². The van der Waals surface area contributed by atoms with Crippen molar-refractivity contribution in [2.75, 3.05) is 7.05 Å². The van der Waals surface area contributed by atoms with E-state index in [-0.39, 0.29) is 6.04 Å². The highest BCUT2D eigenvalue weighted by molar-refractivity contribution is 5.58. The van der Waals surface area contributed by atoms with Crippen LogP contribution in [0, 0.1) is 0 Å². The molecule has 5 heteroatoms. The first kappa shape index (κ1) is 12.7. The molecule has 2 rings (SSSR count). The van der Waals surface area contributed by atoms with Crippen LogP contribution < -0.4 is 5.32 Å². The molecule has 0 aromatic carbocycles. The zero-order valence-electron chi connectivity index (χ0n) is 11.0. The Kier molecular flexibility index (Phi) is 4.04. The van der Waals surface area contributed by atoms with E-state index in [1.807, 2.05) is 19.3 Å². The van der Waals surface area contributed by atoms with Crippen molar-refractivity contribution in [3.8, 4) is 11.4 Å². The van der Waals surface area contributed by atoms with Crippen LogP contribution in [0.3, 0.4) is 0 Å². The van der Waals surface area contributed by atoms with Gasteiger partial charge in [-0.05, 0) is 31.5 Å². The van der Waals surface area contributed by atoms with E-state index in [4.69, 9.17) is 4.52 Å². The van der Waals surface area contributed by atoms with E-state index in [1.54, 1.807) is 6.20 Å². The van der Waals surface area contributed by atoms with E-state index in [0.717, 1.165) is 24.0 Å². The van der Waals surface area contributed by atoms with Crippen LogP contribution in [0.2, 0.25) is 0 Å². The second kappa shape index (κ2) is 5.73. The Morgan fingerprint density at radius 2 is 2.22 bits per heavy atom. The van der Waals surface area contributed by atoms with Crippen molar-refractivity contribution in [1.82, 2.24) is 20.4 Å². The molecule has 1 N–H and O–H groups in total. The van der Waals surface area contributed by atoms with E-state index in [0.29, 0.717) is 11.7 Å². The summed E-state index contributed by atoms with van der Waals surface area (Å²) >= 11 is 0. The summed E-state index contributed by atoms with van der Waals surface area (Å²) in [6, 6.07) is 2.03. The number of pyridine rings is 1. The van der Waals surface area contributed by atoms with Gasteiger partial charge in [-0.1, -0.05) is 19.0 Å². The third-order valence-electron chi connectivity index (χ3n) is 3.02. The lowest BCUT2D eigenvalue weighted by Gasteiger charge is -2.06. The van der Waals surface area contributed by atoms with Crippen LogP contribution in [-0.2, 0) is 6.42 Å². The molecule has 0 saturated carbocycles. The highest BCUT2D eigenvalue weighted by atomic mass is 16.5. The summed E-state index contributed by atoms with van der Waals surface area (Å²) < 4.78 is 5.32. The van der Waals surface area contributed by atoms with Crippen molar-refractivity contribution in [2.24, 2.45) is 0 Å². The Labute approximate surface area is 107 Å². The number of aryl methyl sites for hydroxylation is 1. The summed E-state index contributed by atoms with van der Waals surface area (Å²) in [4.78, 5) is 8.58. The van der Waals surface area contributed by atoms with Crippen molar-refractivity contribution in [1.29, 1.82) is 0 Å². The molecule has 0 aliphatic carbocycles. The van der Waals surface area contributed by atoms with Gasteiger partial charge in [-0.25, -0.2) is 0 Å². The predicted octanol–water partition coefficient (Wildman–Crippen LogP) is 2.36. The van der Waals surface area contributed by atoms with Crippen LogP contribution in [-0.4, -0.2) is 22.2 Å². The van der Waals surface area contributed by atoms with Gasteiger partial charge in [0.15, 0.2) is 0 Å². The maximum absolute atomic E-state index is 5.32. The van der Waals surface area contributed by atoms with Crippen molar-refractivity contribution in [3.63, 3.8) is 0 Å². The van der Waals surface area contributed by atoms with Gasteiger partial charge in [0.2, 0.25) is 11.7 Å². The number of nitrogens with zero attached hydrogens (tertiary/aromatic N) is 3. The van der Waals surface area contributed by atoms with Crippen LogP contribution in [0.4, 0.5) is 0 Å². The molecule has 0 fully saturated rings. The summed E-state index contributed by atoms with van der Waals surface area (Å²) in [5.41, 5.74) is 2.12. The molecule has 1 unspecified atom stereocenters. The summed E-state index contributed by atoms with van der Waals surface area (Å²) in [5, 5.41) is 7.21. The molecule has 0 spiro atoms. The maximum atomic E-state index is 5.32. The largest absolute Gasteiger partial charge is 0.337 e. The Morgan fingerprint density at radius 3 is 2.89 bits per heavy atom. The van der Waals surface area contributed by atoms with E-state index in [9.17, 15) is 0 Å². The molecule has 0 aliphatic rings. The molecule has 1 atom stereocenters. The number of hydrogen-bond acceptors (Lipinski definition) is 5. The van der Waals surface area contributed by atoms with Gasteiger partial charge >= 0.3 is 0 Å². The summed E-state index contributed by atoms with van der Waals surface area (Å²) in [5.74, 6) is 1.27. The molecule has 0 radical (unpaired) electrons. The first-order chi connectivity index (χ1) is 8.80. The van der Waals surface area contributed by atoms with Gasteiger partial charge in [0, 0.05) is 18.0 Å². The summed E-state index contributed by atoms with van der Waals surface area (Å²) in [6.45, 7) is 4.17. The zero-order valence-corrected chi connectivity index (χ0v) is 11.0. The number of aromatic nitrogens is 3. The fourth-order valence-electron chi connectivity index (χ4n) is 1.92. The highest BCUT2D eigenvalue weighted by Gasteiger charge is 2.17. The minimum Gasteiger partial charge on any atom is -0.337 e. The third-order valence-corrected chi connectivity index (χ3v) is 3.02. The minimum absolute atomic E-state index is 0.109. The lowest BCUT2D eigenvalue weighted by atomic mass is 10.1. The molecule has 2 aromatic rings. The third kappa shape index (κ3) is 2.41. The molecule has 0 amide bonds. The lowest BCUT2D eigenvalue weighted by molar-refractivity contribution is 0.334. The smallest absolute Gasteiger partial charge is 0.244 e. The molecule has 0 saturated heterocycles. The van der Waals surface area contributed by atoms with Crippen LogP contribution in [0.25, 0.3) is 11.4 Å². The first-order valence-corrected chi connectivity index (χ1v) is 6.24. The SMILES string of the molecule is CCc1cnccc1-c1noc(C(CC)NC)n1. The monoisotopic (exact) mass is 246 g/mol. The van der Waals surface area contributed by atoms with E-state index in [1.165, 1.54) is 0 Å². The first-order valence-electron chi connectivity index (χ1n) is 6.24. The van der Waals surface area contributed by atoms with Crippen molar-refractivity contribution in [2.45, 2.75) is 32.7 Å². The Hall–Kier alpha value is -1.75. The van der Waals surface area contributed by atoms with Crippen LogP contribution in [0.1, 0.15) is 37.8 Å². The normalized spacial score (nSPS) is 12.6. The Bertz CT molecular complexity index is 505. The van der Waals surface area contributed by atoms with E-state index in [2.05, 4.69) is 34.3 Å². The second-order valence-corrected chi connectivity index (χ2v) is 4.09.